The van der Waals surface area contributed by atoms with Gasteiger partial charge in [-0.25, -0.2) is 4.79 Å². The minimum Gasteiger partial charge on any atom is -0.491 e. The second kappa shape index (κ2) is 15.1. The first-order valence-corrected chi connectivity index (χ1v) is 14.0. The van der Waals surface area contributed by atoms with E-state index in [1.807, 2.05) is 52.0 Å². The molecule has 9 heteroatoms. The highest BCUT2D eigenvalue weighted by molar-refractivity contribution is 5.92. The van der Waals surface area contributed by atoms with E-state index in [0.29, 0.717) is 37.5 Å². The number of esters is 1. The van der Waals surface area contributed by atoms with E-state index in [1.165, 1.54) is 0 Å². The summed E-state index contributed by atoms with van der Waals surface area (Å²) in [5.41, 5.74) is -0.0620. The molecule has 0 unspecified atom stereocenters. The Morgan fingerprint density at radius 3 is 2.38 bits per heavy atom. The van der Waals surface area contributed by atoms with E-state index in [9.17, 15) is 14.4 Å². The van der Waals surface area contributed by atoms with Crippen LogP contribution in [-0.4, -0.2) is 56.0 Å². The van der Waals surface area contributed by atoms with E-state index < -0.39 is 23.8 Å². The zero-order chi connectivity index (χ0) is 29.2. The van der Waals surface area contributed by atoms with Crippen LogP contribution in [0, 0.1) is 23.7 Å². The van der Waals surface area contributed by atoms with Gasteiger partial charge in [-0.05, 0) is 63.5 Å². The van der Waals surface area contributed by atoms with Gasteiger partial charge in [-0.2, -0.15) is 0 Å². The van der Waals surface area contributed by atoms with Crippen molar-refractivity contribution in [1.29, 1.82) is 0 Å². The van der Waals surface area contributed by atoms with Gasteiger partial charge < -0.3 is 29.6 Å². The summed E-state index contributed by atoms with van der Waals surface area (Å²) in [5.74, 6) is 0.166. The topological polar surface area (TPSA) is 112 Å². The second-order valence-corrected chi connectivity index (χ2v) is 12.0. The van der Waals surface area contributed by atoms with Crippen molar-refractivity contribution in [2.45, 2.75) is 91.9 Å². The Balaban J connectivity index is 2.14. The number of hydrogen-bond acceptors (Lipinski definition) is 7. The van der Waals surface area contributed by atoms with Crippen LogP contribution >= 0.6 is 0 Å². The molecule has 0 spiro atoms. The minimum atomic E-state index is -0.669. The minimum absolute atomic E-state index is 0.0866. The number of benzene rings is 1. The van der Waals surface area contributed by atoms with Gasteiger partial charge in [-0.15, -0.1) is 0 Å². The first-order valence-electron chi connectivity index (χ1n) is 14.0. The van der Waals surface area contributed by atoms with Crippen LogP contribution < -0.4 is 15.4 Å². The number of nitrogens with one attached hydrogen (secondary N) is 2. The fraction of sp³-hybridized carbons (Fsp3) is 0.700. The molecular weight excluding hydrogens is 500 g/mol. The van der Waals surface area contributed by atoms with Crippen LogP contribution in [0.3, 0.4) is 0 Å². The average molecular weight is 549 g/mol. The lowest BCUT2D eigenvalue weighted by Crippen LogP contribution is -2.47. The quantitative estimate of drug-likeness (QED) is 0.231. The number of carbonyl (C=O) groups excluding carboxylic acids is 3. The van der Waals surface area contributed by atoms with E-state index in [-0.39, 0.29) is 42.0 Å². The second-order valence-electron chi connectivity index (χ2n) is 12.0. The molecule has 1 fully saturated rings. The number of methoxy groups -OCH3 is 1. The maximum Gasteiger partial charge on any atom is 0.408 e. The van der Waals surface area contributed by atoms with Gasteiger partial charge >= 0.3 is 12.1 Å². The molecule has 0 aromatic heterocycles. The van der Waals surface area contributed by atoms with E-state index >= 15 is 0 Å². The lowest BCUT2D eigenvalue weighted by atomic mass is 9.83. The Kier molecular flexibility index (Phi) is 12.5. The number of cyclic esters (lactones) is 1. The van der Waals surface area contributed by atoms with E-state index in [4.69, 9.17) is 18.9 Å². The lowest BCUT2D eigenvalue weighted by molar-refractivity contribution is -0.146. The van der Waals surface area contributed by atoms with Gasteiger partial charge in [-0.3, -0.25) is 9.59 Å². The molecule has 1 saturated heterocycles. The predicted molar refractivity (Wildman–Crippen MR) is 151 cm³/mol. The molecule has 39 heavy (non-hydrogen) atoms. The fourth-order valence-electron chi connectivity index (χ4n) is 4.62. The molecule has 1 aromatic carbocycles. The van der Waals surface area contributed by atoms with Gasteiger partial charge in [0.15, 0.2) is 0 Å². The van der Waals surface area contributed by atoms with E-state index in [2.05, 4.69) is 10.6 Å². The molecule has 0 aliphatic carbocycles. The molecule has 0 radical (unpaired) electrons. The molecule has 0 saturated carbocycles. The third-order valence-corrected chi connectivity index (χ3v) is 6.87. The van der Waals surface area contributed by atoms with Crippen LogP contribution in [0.2, 0.25) is 0 Å². The smallest absolute Gasteiger partial charge is 0.408 e. The van der Waals surface area contributed by atoms with Crippen molar-refractivity contribution in [2.75, 3.05) is 25.6 Å². The van der Waals surface area contributed by atoms with Gasteiger partial charge in [0, 0.05) is 26.6 Å². The molecule has 1 aliphatic heterocycles. The van der Waals surface area contributed by atoms with Crippen LogP contribution in [0.25, 0.3) is 0 Å². The molecule has 1 aliphatic rings. The summed E-state index contributed by atoms with van der Waals surface area (Å²) >= 11 is 0. The summed E-state index contributed by atoms with van der Waals surface area (Å²) in [6.07, 6.45) is 0.899. The number of ether oxygens (including phenoxy) is 4. The average Bonchev–Trinajstić information content (AvgIpc) is 3.22. The maximum atomic E-state index is 13.2. The first kappa shape index (κ1) is 32.4. The monoisotopic (exact) mass is 548 g/mol. The number of anilines is 1. The van der Waals surface area contributed by atoms with Crippen molar-refractivity contribution in [2.24, 2.45) is 23.7 Å². The number of hydrogen-bond donors (Lipinski definition) is 2. The van der Waals surface area contributed by atoms with Gasteiger partial charge in [-0.1, -0.05) is 39.8 Å². The van der Waals surface area contributed by atoms with Crippen molar-refractivity contribution in [3.05, 3.63) is 24.3 Å². The van der Waals surface area contributed by atoms with Crippen molar-refractivity contribution < 1.29 is 33.3 Å². The Bertz CT molecular complexity index is 941. The van der Waals surface area contributed by atoms with Gasteiger partial charge in [0.2, 0.25) is 5.91 Å². The number of alkyl carbamates (subject to hydrolysis) is 1. The van der Waals surface area contributed by atoms with Crippen LogP contribution in [0.15, 0.2) is 24.3 Å². The lowest BCUT2D eigenvalue weighted by Gasteiger charge is -2.31. The molecule has 1 aromatic rings. The summed E-state index contributed by atoms with van der Waals surface area (Å²) in [5, 5.41) is 5.93. The molecule has 2 amide bonds. The summed E-state index contributed by atoms with van der Waals surface area (Å²) in [7, 11) is 1.65. The van der Waals surface area contributed by atoms with Gasteiger partial charge in [0.25, 0.3) is 0 Å². The standard InChI is InChI=1S/C30H48N2O7/c1-19(2)21(17-27(33)31-23-12-9-10-13-25(23)37-15-11-14-36-8)16-24(32-29(35)39-30(5,6)7)26-18-22(20(3)4)28(34)38-26/h9-10,12-13,19-22,24,26H,11,14-18H2,1-8H3,(H,31,33)(H,32,35)/t21-,22+,24+,26+/m1/s1. The Morgan fingerprint density at radius 1 is 1.10 bits per heavy atom. The third kappa shape index (κ3) is 11.1. The Morgan fingerprint density at radius 2 is 1.79 bits per heavy atom. The van der Waals surface area contributed by atoms with E-state index in [0.717, 1.165) is 6.42 Å². The Hall–Kier alpha value is -2.81. The molecule has 1 heterocycles. The SMILES string of the molecule is COCCCOc1ccccc1NC(=O)C[C@@H](C[C@H](NC(=O)OC(C)(C)C)[C@@H]1C[C@@H](C(C)C)C(=O)O1)C(C)C. The van der Waals surface area contributed by atoms with Crippen LogP contribution in [0.1, 0.15) is 74.1 Å². The van der Waals surface area contributed by atoms with Crippen molar-refractivity contribution >= 4 is 23.7 Å². The Labute approximate surface area is 233 Å². The predicted octanol–water partition coefficient (Wildman–Crippen LogP) is 5.57. The summed E-state index contributed by atoms with van der Waals surface area (Å²) in [4.78, 5) is 38.4. The van der Waals surface area contributed by atoms with Crippen molar-refractivity contribution in [3.63, 3.8) is 0 Å². The normalized spacial score (nSPS) is 19.0. The van der Waals surface area contributed by atoms with Gasteiger partial charge in [0.05, 0.1) is 24.3 Å². The summed E-state index contributed by atoms with van der Waals surface area (Å²) in [6.45, 7) is 14.5. The highest BCUT2D eigenvalue weighted by atomic mass is 16.6. The molecule has 2 rings (SSSR count). The first-order chi connectivity index (χ1) is 18.3. The number of para-hydroxylation sites is 2. The summed E-state index contributed by atoms with van der Waals surface area (Å²) in [6, 6.07) is 6.85. The highest BCUT2D eigenvalue weighted by Crippen LogP contribution is 2.33. The highest BCUT2D eigenvalue weighted by Gasteiger charge is 2.42. The molecule has 2 N–H and O–H groups in total. The summed E-state index contributed by atoms with van der Waals surface area (Å²) < 4.78 is 22.2. The van der Waals surface area contributed by atoms with Crippen LogP contribution in [0.5, 0.6) is 5.75 Å². The molecular formula is C30H48N2O7. The molecule has 220 valence electrons. The molecule has 4 atom stereocenters. The molecule has 0 bridgehead atoms. The van der Waals surface area contributed by atoms with E-state index in [1.54, 1.807) is 27.9 Å². The zero-order valence-electron chi connectivity index (χ0n) is 24.9. The number of amides is 2. The third-order valence-electron chi connectivity index (χ3n) is 6.87. The maximum absolute atomic E-state index is 13.2. The zero-order valence-corrected chi connectivity index (χ0v) is 24.9. The number of rotatable bonds is 14. The van der Waals surface area contributed by atoms with Crippen molar-refractivity contribution in [3.8, 4) is 5.75 Å². The largest absolute Gasteiger partial charge is 0.491 e. The van der Waals surface area contributed by atoms with Crippen molar-refractivity contribution in [1.82, 2.24) is 5.32 Å². The fourth-order valence-corrected chi connectivity index (χ4v) is 4.62. The van der Waals surface area contributed by atoms with Crippen LogP contribution in [-0.2, 0) is 23.8 Å². The number of carbonyl (C=O) groups is 3. The van der Waals surface area contributed by atoms with Gasteiger partial charge in [0.1, 0.15) is 17.5 Å². The van der Waals surface area contributed by atoms with Crippen LogP contribution in [0.4, 0.5) is 10.5 Å². The molecule has 9 nitrogen and oxygen atoms in total.